The van der Waals surface area contributed by atoms with E-state index in [1.807, 2.05) is 54.6 Å². The second-order valence-corrected chi connectivity index (χ2v) is 8.62. The molecule has 0 spiro atoms. The standard InChI is InChI=1S/C26H26ClN3O5/c1-17(2)24(29-25(31)21-13-12-20(30(33)34)14-22(21)27)26(32)28-15-19-10-6-7-11-23(19)35-16-18-8-4-3-5-9-18/h3-14,17,24H,15-16H2,1-2H3,(H,28,32)(H,29,31). The van der Waals surface area contributed by atoms with Crippen molar-refractivity contribution in [3.63, 3.8) is 0 Å². The fraction of sp³-hybridized carbons (Fsp3) is 0.231. The summed E-state index contributed by atoms with van der Waals surface area (Å²) >= 11 is 6.06. The average Bonchev–Trinajstić information content (AvgIpc) is 2.85. The zero-order chi connectivity index (χ0) is 25.4. The van der Waals surface area contributed by atoms with Crippen molar-refractivity contribution in [1.82, 2.24) is 10.6 Å². The highest BCUT2D eigenvalue weighted by Crippen LogP contribution is 2.23. The summed E-state index contributed by atoms with van der Waals surface area (Å²) in [5.41, 5.74) is 1.65. The van der Waals surface area contributed by atoms with E-state index in [0.717, 1.165) is 17.2 Å². The zero-order valence-electron chi connectivity index (χ0n) is 19.4. The second kappa shape index (κ2) is 12.0. The third-order valence-corrected chi connectivity index (χ3v) is 5.62. The molecular weight excluding hydrogens is 470 g/mol. The number of benzene rings is 3. The Morgan fingerprint density at radius 2 is 1.71 bits per heavy atom. The number of nitro groups is 1. The van der Waals surface area contributed by atoms with Gasteiger partial charge in [-0.2, -0.15) is 0 Å². The van der Waals surface area contributed by atoms with Crippen LogP contribution >= 0.6 is 11.6 Å². The van der Waals surface area contributed by atoms with E-state index in [1.54, 1.807) is 13.8 Å². The van der Waals surface area contributed by atoms with E-state index < -0.39 is 16.9 Å². The molecule has 1 unspecified atom stereocenters. The number of hydrogen-bond donors (Lipinski definition) is 2. The molecule has 0 heterocycles. The van der Waals surface area contributed by atoms with Crippen molar-refractivity contribution in [2.24, 2.45) is 5.92 Å². The Kier molecular flexibility index (Phi) is 8.80. The Morgan fingerprint density at radius 1 is 1.03 bits per heavy atom. The quantitative estimate of drug-likeness (QED) is 0.307. The van der Waals surface area contributed by atoms with Gasteiger partial charge in [0.05, 0.1) is 15.5 Å². The number of nitro benzene ring substituents is 1. The van der Waals surface area contributed by atoms with E-state index in [1.165, 1.54) is 12.1 Å². The van der Waals surface area contributed by atoms with Gasteiger partial charge in [-0.05, 0) is 23.6 Å². The van der Waals surface area contributed by atoms with Crippen LogP contribution in [-0.2, 0) is 17.9 Å². The van der Waals surface area contributed by atoms with Gasteiger partial charge in [0.25, 0.3) is 11.6 Å². The molecule has 182 valence electrons. The number of amides is 2. The molecule has 0 aliphatic rings. The first-order chi connectivity index (χ1) is 16.8. The molecule has 0 saturated heterocycles. The minimum absolute atomic E-state index is 0.0513. The van der Waals surface area contributed by atoms with E-state index in [9.17, 15) is 19.7 Å². The first kappa shape index (κ1) is 25.7. The summed E-state index contributed by atoms with van der Waals surface area (Å²) in [6.45, 7) is 4.21. The summed E-state index contributed by atoms with van der Waals surface area (Å²) < 4.78 is 5.94. The Balaban J connectivity index is 1.65. The molecule has 0 aliphatic carbocycles. The van der Waals surface area contributed by atoms with E-state index in [2.05, 4.69) is 10.6 Å². The third-order valence-electron chi connectivity index (χ3n) is 5.31. The minimum Gasteiger partial charge on any atom is -0.489 e. The maximum absolute atomic E-state index is 13.0. The second-order valence-electron chi connectivity index (χ2n) is 8.22. The molecule has 3 rings (SSSR count). The van der Waals surface area contributed by atoms with Gasteiger partial charge in [-0.3, -0.25) is 19.7 Å². The number of rotatable bonds is 10. The molecule has 2 amide bonds. The smallest absolute Gasteiger partial charge is 0.270 e. The summed E-state index contributed by atoms with van der Waals surface area (Å²) in [5.74, 6) is -0.533. The molecule has 0 radical (unpaired) electrons. The van der Waals surface area contributed by atoms with Crippen LogP contribution in [0.25, 0.3) is 0 Å². The lowest BCUT2D eigenvalue weighted by Gasteiger charge is -2.22. The fourth-order valence-electron chi connectivity index (χ4n) is 3.37. The van der Waals surface area contributed by atoms with E-state index in [4.69, 9.17) is 16.3 Å². The highest BCUT2D eigenvalue weighted by molar-refractivity contribution is 6.34. The van der Waals surface area contributed by atoms with Gasteiger partial charge in [-0.15, -0.1) is 0 Å². The number of para-hydroxylation sites is 1. The number of hydrogen-bond acceptors (Lipinski definition) is 5. The number of carbonyl (C=O) groups is 2. The highest BCUT2D eigenvalue weighted by Gasteiger charge is 2.26. The average molecular weight is 496 g/mol. The summed E-state index contributed by atoms with van der Waals surface area (Å²) in [6.07, 6.45) is 0. The summed E-state index contributed by atoms with van der Waals surface area (Å²) in [4.78, 5) is 36.0. The van der Waals surface area contributed by atoms with Gasteiger partial charge in [0.2, 0.25) is 5.91 Å². The van der Waals surface area contributed by atoms with Crippen molar-refractivity contribution < 1.29 is 19.2 Å². The molecule has 3 aromatic rings. The number of ether oxygens (including phenoxy) is 1. The first-order valence-electron chi connectivity index (χ1n) is 11.0. The Morgan fingerprint density at radius 3 is 2.37 bits per heavy atom. The van der Waals surface area contributed by atoms with E-state index in [-0.39, 0.29) is 34.6 Å². The van der Waals surface area contributed by atoms with Gasteiger partial charge in [0.15, 0.2) is 0 Å². The monoisotopic (exact) mass is 495 g/mol. The summed E-state index contributed by atoms with van der Waals surface area (Å²) in [5, 5.41) is 16.4. The van der Waals surface area contributed by atoms with Gasteiger partial charge >= 0.3 is 0 Å². The molecule has 35 heavy (non-hydrogen) atoms. The number of nitrogens with one attached hydrogen (secondary N) is 2. The van der Waals surface area contributed by atoms with Crippen molar-refractivity contribution in [3.05, 3.63) is 105 Å². The number of non-ortho nitro benzene ring substituents is 1. The highest BCUT2D eigenvalue weighted by atomic mass is 35.5. The Bertz CT molecular complexity index is 1200. The molecular formula is C26H26ClN3O5. The lowest BCUT2D eigenvalue weighted by atomic mass is 10.0. The molecule has 0 bridgehead atoms. The van der Waals surface area contributed by atoms with Crippen molar-refractivity contribution in [2.45, 2.75) is 33.0 Å². The number of carbonyl (C=O) groups excluding carboxylic acids is 2. The van der Waals surface area contributed by atoms with Crippen LogP contribution in [0.4, 0.5) is 5.69 Å². The molecule has 3 aromatic carbocycles. The van der Waals surface area contributed by atoms with Crippen LogP contribution < -0.4 is 15.4 Å². The van der Waals surface area contributed by atoms with Crippen LogP contribution in [0.15, 0.2) is 72.8 Å². The lowest BCUT2D eigenvalue weighted by molar-refractivity contribution is -0.384. The lowest BCUT2D eigenvalue weighted by Crippen LogP contribution is -2.49. The largest absolute Gasteiger partial charge is 0.489 e. The predicted octanol–water partition coefficient (Wildman–Crippen LogP) is 4.90. The van der Waals surface area contributed by atoms with Gasteiger partial charge in [0, 0.05) is 24.2 Å². The van der Waals surface area contributed by atoms with Gasteiger partial charge in [-0.1, -0.05) is 74.0 Å². The van der Waals surface area contributed by atoms with E-state index >= 15 is 0 Å². The molecule has 0 aliphatic heterocycles. The van der Waals surface area contributed by atoms with Crippen molar-refractivity contribution in [1.29, 1.82) is 0 Å². The van der Waals surface area contributed by atoms with Gasteiger partial charge < -0.3 is 15.4 Å². The van der Waals surface area contributed by atoms with Crippen LogP contribution in [0.5, 0.6) is 5.75 Å². The van der Waals surface area contributed by atoms with Crippen LogP contribution in [-0.4, -0.2) is 22.8 Å². The summed E-state index contributed by atoms with van der Waals surface area (Å²) in [7, 11) is 0. The van der Waals surface area contributed by atoms with Crippen molar-refractivity contribution in [2.75, 3.05) is 0 Å². The van der Waals surface area contributed by atoms with Crippen molar-refractivity contribution >= 4 is 29.1 Å². The van der Waals surface area contributed by atoms with Crippen LogP contribution in [0.3, 0.4) is 0 Å². The van der Waals surface area contributed by atoms with Crippen molar-refractivity contribution in [3.8, 4) is 5.75 Å². The molecule has 2 N–H and O–H groups in total. The summed E-state index contributed by atoms with van der Waals surface area (Å²) in [6, 6.07) is 19.9. The SMILES string of the molecule is CC(C)C(NC(=O)c1ccc([N+](=O)[O-])cc1Cl)C(=O)NCc1ccccc1OCc1ccccc1. The Hall–Kier alpha value is -3.91. The predicted molar refractivity (Wildman–Crippen MR) is 133 cm³/mol. The van der Waals surface area contributed by atoms with E-state index in [0.29, 0.717) is 12.4 Å². The van der Waals surface area contributed by atoms with Crippen LogP contribution in [0.2, 0.25) is 5.02 Å². The minimum atomic E-state index is -0.842. The topological polar surface area (TPSA) is 111 Å². The maximum Gasteiger partial charge on any atom is 0.270 e. The third kappa shape index (κ3) is 7.04. The number of halogens is 1. The zero-order valence-corrected chi connectivity index (χ0v) is 20.1. The molecule has 0 aromatic heterocycles. The van der Waals surface area contributed by atoms with Gasteiger partial charge in [0.1, 0.15) is 18.4 Å². The normalized spacial score (nSPS) is 11.5. The maximum atomic E-state index is 13.0. The molecule has 0 saturated carbocycles. The van der Waals surface area contributed by atoms with Crippen LogP contribution in [0, 0.1) is 16.0 Å². The fourth-order valence-corrected chi connectivity index (χ4v) is 3.63. The van der Waals surface area contributed by atoms with Gasteiger partial charge in [-0.25, -0.2) is 0 Å². The first-order valence-corrected chi connectivity index (χ1v) is 11.4. The molecule has 8 nitrogen and oxygen atoms in total. The molecule has 0 fully saturated rings. The Labute approximate surface area is 208 Å². The number of nitrogens with zero attached hydrogens (tertiary/aromatic N) is 1. The molecule has 9 heteroatoms. The van der Waals surface area contributed by atoms with Crippen LogP contribution in [0.1, 0.15) is 35.3 Å². The molecule has 1 atom stereocenters.